The van der Waals surface area contributed by atoms with Crippen LogP contribution in [-0.2, 0) is 0 Å². The molecule has 1 aliphatic heterocycles. The lowest BCUT2D eigenvalue weighted by molar-refractivity contribution is -0.474. The fraction of sp³-hybridized carbons (Fsp3) is 0. The first kappa shape index (κ1) is 12.6. The number of carbonyl (C=O) groups is 1. The molecule has 0 unspecified atom stereocenters. The quantitative estimate of drug-likeness (QED) is 0.551. The maximum Gasteiger partial charge on any atom is 0.262 e. The molecule has 3 N–H and O–H groups in total. The van der Waals surface area contributed by atoms with Gasteiger partial charge in [-0.1, -0.05) is 11.6 Å². The van der Waals surface area contributed by atoms with Gasteiger partial charge in [0.05, 0.1) is 5.56 Å². The zero-order chi connectivity index (χ0) is 10.7. The number of aromatic nitrogens is 1. The Kier molecular flexibility index (Phi) is 4.42. The molecule has 0 radical (unpaired) electrons. The second-order valence-electron chi connectivity index (χ2n) is 2.85. The highest BCUT2D eigenvalue weighted by atomic mass is 35.5. The summed E-state index contributed by atoms with van der Waals surface area (Å²) in [7, 11) is 0. The molecule has 0 aromatic carbocycles. The number of hydrogen-bond acceptors (Lipinski definition) is 3. The molecule has 0 fully saturated rings. The Morgan fingerprint density at radius 3 is 2.94 bits per heavy atom. The highest BCUT2D eigenvalue weighted by molar-refractivity contribution is 6.32. The molecule has 0 saturated heterocycles. The van der Waals surface area contributed by atoms with E-state index < -0.39 is 0 Å². The van der Waals surface area contributed by atoms with Gasteiger partial charge in [0.2, 0.25) is 5.82 Å². The van der Waals surface area contributed by atoms with Crippen LogP contribution < -0.4 is 23.0 Å². The van der Waals surface area contributed by atoms with Crippen LogP contribution in [0.25, 0.3) is 0 Å². The number of aliphatic imine (C=N–C) groups is 1. The van der Waals surface area contributed by atoms with Crippen LogP contribution >= 0.6 is 11.6 Å². The summed E-state index contributed by atoms with van der Waals surface area (Å²) in [6.45, 7) is 0. The molecule has 0 bridgehead atoms. The average Bonchev–Trinajstić information content (AvgIpc) is 2.71. The third kappa shape index (κ3) is 2.79. The lowest BCUT2D eigenvalue weighted by Gasteiger charge is -2.03. The maximum absolute atomic E-state index is 11.7. The summed E-state index contributed by atoms with van der Waals surface area (Å²) >= 11 is 5.77. The van der Waals surface area contributed by atoms with E-state index in [2.05, 4.69) is 15.3 Å². The molecule has 84 valence electrons. The number of quaternary nitrogens is 1. The van der Waals surface area contributed by atoms with Crippen LogP contribution in [0.4, 0.5) is 0 Å². The van der Waals surface area contributed by atoms with Gasteiger partial charge in [-0.15, -0.1) is 0 Å². The third-order valence-corrected chi connectivity index (χ3v) is 2.12. The fourth-order valence-corrected chi connectivity index (χ4v) is 1.32. The van der Waals surface area contributed by atoms with Crippen molar-refractivity contribution in [3.8, 4) is 0 Å². The van der Waals surface area contributed by atoms with Gasteiger partial charge in [0.25, 0.3) is 5.91 Å². The number of hydrogen-bond donors (Lipinski definition) is 2. The van der Waals surface area contributed by atoms with Gasteiger partial charge in [-0.2, -0.15) is 0 Å². The normalized spacial score (nSPS) is 12.9. The number of halogens is 2. The predicted octanol–water partition coefficient (Wildman–Crippen LogP) is -3.13. The Morgan fingerprint density at radius 1 is 1.50 bits per heavy atom. The van der Waals surface area contributed by atoms with E-state index in [0.717, 1.165) is 0 Å². The van der Waals surface area contributed by atoms with Gasteiger partial charge in [0, 0.05) is 6.20 Å². The molecule has 1 aliphatic rings. The van der Waals surface area contributed by atoms with E-state index in [1.807, 2.05) is 0 Å². The first-order valence-electron chi connectivity index (χ1n) is 4.26. The Bertz CT molecular complexity index is 459. The summed E-state index contributed by atoms with van der Waals surface area (Å²) < 4.78 is 0. The lowest BCUT2D eigenvalue weighted by atomic mass is 10.3. The molecule has 2 heterocycles. The summed E-state index contributed by atoms with van der Waals surface area (Å²) in [5.74, 6) is 0.348. The number of pyridine rings is 1. The first-order valence-corrected chi connectivity index (χ1v) is 4.64. The van der Waals surface area contributed by atoms with Gasteiger partial charge in [-0.3, -0.25) is 15.4 Å². The molecule has 0 saturated carbocycles. The van der Waals surface area contributed by atoms with Crippen molar-refractivity contribution >= 4 is 23.8 Å². The highest BCUT2D eigenvalue weighted by Gasteiger charge is 2.14. The number of carbonyl (C=O) groups excluding carboxylic acids is 1. The van der Waals surface area contributed by atoms with Crippen LogP contribution in [0.5, 0.6) is 0 Å². The molecule has 0 atom stereocenters. The molecule has 1 aromatic rings. The van der Waals surface area contributed by atoms with Gasteiger partial charge < -0.3 is 12.4 Å². The summed E-state index contributed by atoms with van der Waals surface area (Å²) in [6.07, 6.45) is 4.69. The predicted molar refractivity (Wildman–Crippen MR) is 55.2 cm³/mol. The second-order valence-corrected chi connectivity index (χ2v) is 3.20. The molecule has 2 rings (SSSR count). The molecule has 16 heavy (non-hydrogen) atoms. The van der Waals surface area contributed by atoms with E-state index in [-0.39, 0.29) is 23.5 Å². The Labute approximate surface area is 103 Å². The van der Waals surface area contributed by atoms with E-state index in [1.54, 1.807) is 30.0 Å². The SMILES string of the molecule is O=C(NC1=CN=C[NH2+]1)c1cccnc1Cl.[Cl-]. The van der Waals surface area contributed by atoms with Crippen molar-refractivity contribution in [3.05, 3.63) is 41.1 Å². The van der Waals surface area contributed by atoms with Crippen LogP contribution in [0, 0.1) is 0 Å². The van der Waals surface area contributed by atoms with Gasteiger partial charge in [-0.25, -0.2) is 9.98 Å². The average molecular weight is 259 g/mol. The van der Waals surface area contributed by atoms with E-state index in [9.17, 15) is 4.79 Å². The molecule has 0 spiro atoms. The minimum atomic E-state index is -0.291. The third-order valence-electron chi connectivity index (χ3n) is 1.82. The van der Waals surface area contributed by atoms with Crippen LogP contribution in [0.1, 0.15) is 10.4 Å². The van der Waals surface area contributed by atoms with Crippen molar-refractivity contribution < 1.29 is 22.5 Å². The topological polar surface area (TPSA) is 71.0 Å². The van der Waals surface area contributed by atoms with Gasteiger partial charge in [0.1, 0.15) is 11.4 Å². The number of amides is 1. The molecule has 1 amide bonds. The zero-order valence-electron chi connectivity index (χ0n) is 8.02. The van der Waals surface area contributed by atoms with Gasteiger partial charge >= 0.3 is 0 Å². The molecule has 7 heteroatoms. The van der Waals surface area contributed by atoms with E-state index in [0.29, 0.717) is 11.4 Å². The first-order chi connectivity index (χ1) is 7.27. The molecule has 1 aromatic heterocycles. The minimum Gasteiger partial charge on any atom is -1.00 e. The van der Waals surface area contributed by atoms with E-state index >= 15 is 0 Å². The summed E-state index contributed by atoms with van der Waals surface area (Å²) in [5, 5.41) is 4.54. The largest absolute Gasteiger partial charge is 1.00 e. The summed E-state index contributed by atoms with van der Waals surface area (Å²) in [6, 6.07) is 3.27. The van der Waals surface area contributed by atoms with Crippen LogP contribution in [-0.4, -0.2) is 17.2 Å². The van der Waals surface area contributed by atoms with E-state index in [1.165, 1.54) is 6.20 Å². The molecule has 5 nitrogen and oxygen atoms in total. The number of nitrogens with two attached hydrogens (primary N) is 1. The monoisotopic (exact) mass is 258 g/mol. The van der Waals surface area contributed by atoms with Crippen molar-refractivity contribution in [2.75, 3.05) is 0 Å². The number of nitrogens with one attached hydrogen (secondary N) is 1. The molecular formula is C9H8Cl2N4O. The highest BCUT2D eigenvalue weighted by Crippen LogP contribution is 2.11. The second kappa shape index (κ2) is 5.60. The van der Waals surface area contributed by atoms with Crippen molar-refractivity contribution in [3.63, 3.8) is 0 Å². The van der Waals surface area contributed by atoms with Gasteiger partial charge in [0.15, 0.2) is 6.34 Å². The molecule has 0 aliphatic carbocycles. The minimum absolute atomic E-state index is 0. The van der Waals surface area contributed by atoms with Crippen molar-refractivity contribution in [1.82, 2.24) is 10.3 Å². The fourth-order valence-electron chi connectivity index (χ4n) is 1.12. The van der Waals surface area contributed by atoms with Crippen LogP contribution in [0.2, 0.25) is 5.15 Å². The van der Waals surface area contributed by atoms with E-state index in [4.69, 9.17) is 11.6 Å². The van der Waals surface area contributed by atoms with Gasteiger partial charge in [-0.05, 0) is 12.1 Å². The summed E-state index contributed by atoms with van der Waals surface area (Å²) in [5.41, 5.74) is 0.348. The smallest absolute Gasteiger partial charge is 0.262 e. The number of rotatable bonds is 2. The van der Waals surface area contributed by atoms with Crippen LogP contribution in [0.3, 0.4) is 0 Å². The maximum atomic E-state index is 11.7. The van der Waals surface area contributed by atoms with Crippen LogP contribution in [0.15, 0.2) is 35.3 Å². The standard InChI is InChI=1S/C9H7ClN4O.ClH/c10-8-6(2-1-3-12-8)9(15)14-7-4-11-5-13-7;/h1-5H,(H,11,13)(H,14,15);1H. The van der Waals surface area contributed by atoms with Crippen molar-refractivity contribution in [1.29, 1.82) is 0 Å². The van der Waals surface area contributed by atoms with Crippen molar-refractivity contribution in [2.45, 2.75) is 0 Å². The zero-order valence-corrected chi connectivity index (χ0v) is 9.53. The Balaban J connectivity index is 0.00000128. The van der Waals surface area contributed by atoms with Crippen molar-refractivity contribution in [2.24, 2.45) is 4.99 Å². The molecular weight excluding hydrogens is 251 g/mol. The number of nitrogens with zero attached hydrogens (tertiary/aromatic N) is 2. The Hall–Kier alpha value is -1.43. The summed E-state index contributed by atoms with van der Waals surface area (Å²) in [4.78, 5) is 19.3. The lowest BCUT2D eigenvalue weighted by Crippen LogP contribution is -3.00. The Morgan fingerprint density at radius 2 is 2.31 bits per heavy atom.